The molecule has 0 atom stereocenters. The SMILES string of the molecule is CS(=O)(=O)NC1CCN(C(=O)C(F)(F)F)CC1. The molecule has 1 heterocycles. The number of sulfonamides is 1. The van der Waals surface area contributed by atoms with Gasteiger partial charge in [-0.05, 0) is 12.8 Å². The number of nitrogens with one attached hydrogen (secondary N) is 1. The summed E-state index contributed by atoms with van der Waals surface area (Å²) in [7, 11) is -3.37. The Morgan fingerprint density at radius 2 is 1.76 bits per heavy atom. The topological polar surface area (TPSA) is 66.5 Å². The molecule has 1 rings (SSSR count). The Hall–Kier alpha value is -0.830. The van der Waals surface area contributed by atoms with Crippen LogP contribution in [0.2, 0.25) is 0 Å². The van der Waals surface area contributed by atoms with Gasteiger partial charge in [-0.2, -0.15) is 13.2 Å². The van der Waals surface area contributed by atoms with Crippen molar-refractivity contribution in [1.29, 1.82) is 0 Å². The highest BCUT2D eigenvalue weighted by Crippen LogP contribution is 2.21. The minimum absolute atomic E-state index is 0.0917. The lowest BCUT2D eigenvalue weighted by Gasteiger charge is -2.32. The lowest BCUT2D eigenvalue weighted by molar-refractivity contribution is -0.186. The molecule has 1 amide bonds. The summed E-state index contributed by atoms with van der Waals surface area (Å²) in [5, 5.41) is 0. The molecule has 1 N–H and O–H groups in total. The molecule has 0 aliphatic carbocycles. The van der Waals surface area contributed by atoms with Gasteiger partial charge in [-0.3, -0.25) is 4.79 Å². The van der Waals surface area contributed by atoms with Crippen LogP contribution in [-0.4, -0.2) is 50.8 Å². The van der Waals surface area contributed by atoms with Crippen LogP contribution in [-0.2, 0) is 14.8 Å². The van der Waals surface area contributed by atoms with Crippen LogP contribution in [0.4, 0.5) is 13.2 Å². The third-order valence-corrected chi connectivity index (χ3v) is 3.17. The van der Waals surface area contributed by atoms with Crippen LogP contribution in [0.5, 0.6) is 0 Å². The van der Waals surface area contributed by atoms with Gasteiger partial charge in [0, 0.05) is 19.1 Å². The fourth-order valence-corrected chi connectivity index (χ4v) is 2.52. The van der Waals surface area contributed by atoms with Crippen molar-refractivity contribution in [1.82, 2.24) is 9.62 Å². The van der Waals surface area contributed by atoms with Crippen LogP contribution in [0.15, 0.2) is 0 Å². The van der Waals surface area contributed by atoms with Crippen LogP contribution < -0.4 is 4.72 Å². The van der Waals surface area contributed by atoms with Gasteiger partial charge in [-0.1, -0.05) is 0 Å². The number of likely N-dealkylation sites (tertiary alicyclic amines) is 1. The maximum absolute atomic E-state index is 12.1. The molecule has 9 heteroatoms. The summed E-state index contributed by atoms with van der Waals surface area (Å²) >= 11 is 0. The van der Waals surface area contributed by atoms with Gasteiger partial charge in [0.15, 0.2) is 0 Å². The van der Waals surface area contributed by atoms with Crippen LogP contribution in [0.1, 0.15) is 12.8 Å². The van der Waals surface area contributed by atoms with Crippen molar-refractivity contribution in [3.63, 3.8) is 0 Å². The van der Waals surface area contributed by atoms with E-state index in [1.807, 2.05) is 0 Å². The third-order valence-electron chi connectivity index (χ3n) is 2.41. The highest BCUT2D eigenvalue weighted by atomic mass is 32.2. The molecule has 0 unspecified atom stereocenters. The second-order valence-electron chi connectivity index (χ2n) is 3.95. The van der Waals surface area contributed by atoms with Gasteiger partial charge in [-0.15, -0.1) is 0 Å². The van der Waals surface area contributed by atoms with Gasteiger partial charge in [0.1, 0.15) is 0 Å². The van der Waals surface area contributed by atoms with E-state index in [9.17, 15) is 26.4 Å². The summed E-state index contributed by atoms with van der Waals surface area (Å²) in [6.07, 6.45) is -3.50. The summed E-state index contributed by atoms with van der Waals surface area (Å²) in [6.45, 7) is -0.183. The maximum Gasteiger partial charge on any atom is 0.471 e. The van der Waals surface area contributed by atoms with Crippen LogP contribution in [0.3, 0.4) is 0 Å². The zero-order chi connectivity index (χ0) is 13.3. The first-order chi connectivity index (χ1) is 7.59. The second-order valence-corrected chi connectivity index (χ2v) is 5.73. The zero-order valence-corrected chi connectivity index (χ0v) is 9.94. The largest absolute Gasteiger partial charge is 0.471 e. The van der Waals surface area contributed by atoms with Crippen molar-refractivity contribution in [2.24, 2.45) is 0 Å². The second kappa shape index (κ2) is 4.81. The summed E-state index contributed by atoms with van der Waals surface area (Å²) in [6, 6.07) is -0.401. The molecule has 1 saturated heterocycles. The molecule has 0 radical (unpaired) electrons. The molecule has 1 aliphatic rings. The van der Waals surface area contributed by atoms with Crippen molar-refractivity contribution in [2.45, 2.75) is 25.1 Å². The van der Waals surface area contributed by atoms with Gasteiger partial charge < -0.3 is 4.90 Å². The number of nitrogens with zero attached hydrogens (tertiary/aromatic N) is 1. The van der Waals surface area contributed by atoms with Crippen molar-refractivity contribution >= 4 is 15.9 Å². The number of hydrogen-bond acceptors (Lipinski definition) is 3. The molecule has 100 valence electrons. The van der Waals surface area contributed by atoms with E-state index in [1.54, 1.807) is 0 Å². The molecular formula is C8H13F3N2O3S. The Balaban J connectivity index is 2.49. The van der Waals surface area contributed by atoms with Gasteiger partial charge in [0.2, 0.25) is 10.0 Å². The predicted molar refractivity (Wildman–Crippen MR) is 53.6 cm³/mol. The number of hydrogen-bond donors (Lipinski definition) is 1. The van der Waals surface area contributed by atoms with E-state index in [-0.39, 0.29) is 25.9 Å². The summed E-state index contributed by atoms with van der Waals surface area (Å²) < 4.78 is 60.4. The molecule has 5 nitrogen and oxygen atoms in total. The summed E-state index contributed by atoms with van der Waals surface area (Å²) in [5.74, 6) is -1.87. The number of rotatable bonds is 2. The molecular weight excluding hydrogens is 261 g/mol. The number of carbonyl (C=O) groups is 1. The van der Waals surface area contributed by atoms with Gasteiger partial charge >= 0.3 is 12.1 Å². The first kappa shape index (κ1) is 14.2. The van der Waals surface area contributed by atoms with E-state index in [2.05, 4.69) is 4.72 Å². The van der Waals surface area contributed by atoms with E-state index in [0.717, 1.165) is 6.26 Å². The Labute approximate surface area is 97.0 Å². The molecule has 0 saturated carbocycles. The predicted octanol–water partition coefficient (Wildman–Crippen LogP) is 0.0889. The fourth-order valence-electron chi connectivity index (χ4n) is 1.68. The molecule has 0 aromatic carbocycles. The van der Waals surface area contributed by atoms with Crippen molar-refractivity contribution in [3.05, 3.63) is 0 Å². The van der Waals surface area contributed by atoms with Gasteiger partial charge in [-0.25, -0.2) is 13.1 Å². The van der Waals surface area contributed by atoms with Crippen LogP contribution in [0.25, 0.3) is 0 Å². The van der Waals surface area contributed by atoms with E-state index in [0.29, 0.717) is 4.90 Å². The van der Waals surface area contributed by atoms with E-state index in [1.165, 1.54) is 0 Å². The molecule has 1 aliphatic heterocycles. The molecule has 0 aromatic rings. The van der Waals surface area contributed by atoms with Crippen LogP contribution in [0, 0.1) is 0 Å². The first-order valence-corrected chi connectivity index (χ1v) is 6.82. The van der Waals surface area contributed by atoms with E-state index >= 15 is 0 Å². The number of halogens is 3. The fraction of sp³-hybridized carbons (Fsp3) is 0.875. The lowest BCUT2D eigenvalue weighted by Crippen LogP contribution is -2.49. The maximum atomic E-state index is 12.1. The zero-order valence-electron chi connectivity index (χ0n) is 9.12. The van der Waals surface area contributed by atoms with E-state index < -0.39 is 28.1 Å². The Morgan fingerprint density at radius 1 is 1.29 bits per heavy atom. The summed E-state index contributed by atoms with van der Waals surface area (Å²) in [4.78, 5) is 11.6. The van der Waals surface area contributed by atoms with Crippen molar-refractivity contribution < 1.29 is 26.4 Å². The molecule has 0 aromatic heterocycles. The normalized spacial score (nSPS) is 19.4. The smallest absolute Gasteiger partial charge is 0.335 e. The van der Waals surface area contributed by atoms with Crippen molar-refractivity contribution in [3.8, 4) is 0 Å². The first-order valence-electron chi connectivity index (χ1n) is 4.93. The number of amides is 1. The molecule has 0 spiro atoms. The Bertz CT molecular complexity index is 385. The number of piperidine rings is 1. The highest BCUT2D eigenvalue weighted by molar-refractivity contribution is 7.88. The summed E-state index contributed by atoms with van der Waals surface area (Å²) in [5.41, 5.74) is 0. The molecule has 0 bridgehead atoms. The van der Waals surface area contributed by atoms with Gasteiger partial charge in [0.25, 0.3) is 0 Å². The molecule has 17 heavy (non-hydrogen) atoms. The standard InChI is InChI=1S/C8H13F3N2O3S/c1-17(15,16)12-6-2-4-13(5-3-6)7(14)8(9,10)11/h6,12H,2-5H2,1H3. The Morgan fingerprint density at radius 3 is 2.12 bits per heavy atom. The van der Waals surface area contributed by atoms with Crippen LogP contribution >= 0.6 is 0 Å². The average molecular weight is 274 g/mol. The van der Waals surface area contributed by atoms with E-state index in [4.69, 9.17) is 0 Å². The lowest BCUT2D eigenvalue weighted by atomic mass is 10.1. The molecule has 1 fully saturated rings. The number of alkyl halides is 3. The Kier molecular flexibility index (Phi) is 4.03. The average Bonchev–Trinajstić information content (AvgIpc) is 2.14. The van der Waals surface area contributed by atoms with Gasteiger partial charge in [0.05, 0.1) is 6.26 Å². The monoisotopic (exact) mass is 274 g/mol. The quantitative estimate of drug-likeness (QED) is 0.776. The minimum atomic E-state index is -4.86. The third kappa shape index (κ3) is 4.50. The van der Waals surface area contributed by atoms with Crippen molar-refractivity contribution in [2.75, 3.05) is 19.3 Å². The highest BCUT2D eigenvalue weighted by Gasteiger charge is 2.43. The number of carbonyl (C=O) groups excluding carboxylic acids is 1. The minimum Gasteiger partial charge on any atom is -0.335 e.